The second kappa shape index (κ2) is 7.35. The molecule has 1 aliphatic carbocycles. The highest BCUT2D eigenvalue weighted by Gasteiger charge is 2.35. The van der Waals surface area contributed by atoms with Crippen molar-refractivity contribution in [2.45, 2.75) is 44.4 Å². The van der Waals surface area contributed by atoms with Crippen molar-refractivity contribution < 1.29 is 4.74 Å². The minimum Gasteiger partial charge on any atom is -0.378 e. The van der Waals surface area contributed by atoms with Gasteiger partial charge in [0, 0.05) is 18.5 Å². The molecule has 1 heterocycles. The number of hydrogen-bond donors (Lipinski definition) is 1. The minimum absolute atomic E-state index is 0.167. The number of ether oxygens (including phenoxy) is 1. The average Bonchev–Trinajstić information content (AvgIpc) is 2.61. The maximum atomic E-state index is 6.26. The number of aliphatic imine (C=N–C) groups is 1. The fourth-order valence-electron chi connectivity index (χ4n) is 4.03. The topological polar surface area (TPSA) is 50.8 Å². The van der Waals surface area contributed by atoms with Crippen LogP contribution in [0.5, 0.6) is 0 Å². The van der Waals surface area contributed by atoms with Crippen LogP contribution in [0.1, 0.15) is 43.2 Å². The lowest BCUT2D eigenvalue weighted by Gasteiger charge is -2.38. The van der Waals surface area contributed by atoms with Crippen LogP contribution in [0.2, 0.25) is 0 Å². The zero-order chi connectivity index (χ0) is 16.1. The molecule has 1 aromatic carbocycles. The van der Waals surface area contributed by atoms with Crippen LogP contribution in [0, 0.1) is 6.92 Å². The Balaban J connectivity index is 1.81. The van der Waals surface area contributed by atoms with Gasteiger partial charge in [-0.2, -0.15) is 0 Å². The van der Waals surface area contributed by atoms with Crippen molar-refractivity contribution in [3.8, 4) is 0 Å². The van der Waals surface area contributed by atoms with Crippen molar-refractivity contribution in [3.63, 3.8) is 0 Å². The molecule has 23 heavy (non-hydrogen) atoms. The summed E-state index contributed by atoms with van der Waals surface area (Å²) in [6.07, 6.45) is 6.37. The lowest BCUT2D eigenvalue weighted by Crippen LogP contribution is -2.45. The number of nitrogens with two attached hydrogens (primary N) is 1. The summed E-state index contributed by atoms with van der Waals surface area (Å²) in [7, 11) is 0. The monoisotopic (exact) mass is 315 g/mol. The highest BCUT2D eigenvalue weighted by Crippen LogP contribution is 2.41. The summed E-state index contributed by atoms with van der Waals surface area (Å²) in [5.41, 5.74) is 9.28. The molecule has 0 radical (unpaired) electrons. The van der Waals surface area contributed by atoms with E-state index in [-0.39, 0.29) is 5.41 Å². The Bertz CT molecular complexity index is 543. The van der Waals surface area contributed by atoms with Crippen LogP contribution in [-0.4, -0.2) is 43.7 Å². The van der Waals surface area contributed by atoms with Gasteiger partial charge in [0.1, 0.15) is 0 Å². The van der Waals surface area contributed by atoms with Crippen LogP contribution in [0.3, 0.4) is 0 Å². The van der Waals surface area contributed by atoms with Crippen LogP contribution in [0.4, 0.5) is 0 Å². The predicted molar refractivity (Wildman–Crippen MR) is 94.8 cm³/mol. The van der Waals surface area contributed by atoms with E-state index in [1.165, 1.54) is 43.2 Å². The molecule has 2 N–H and O–H groups in total. The van der Waals surface area contributed by atoms with Crippen LogP contribution >= 0.6 is 0 Å². The summed E-state index contributed by atoms with van der Waals surface area (Å²) < 4.78 is 5.40. The van der Waals surface area contributed by atoms with E-state index in [1.807, 2.05) is 0 Å². The second-order valence-electron chi connectivity index (χ2n) is 6.93. The molecule has 0 spiro atoms. The second-order valence-corrected chi connectivity index (χ2v) is 6.93. The van der Waals surface area contributed by atoms with Crippen molar-refractivity contribution in [1.82, 2.24) is 4.90 Å². The molecule has 0 amide bonds. The summed E-state index contributed by atoms with van der Waals surface area (Å²) in [5, 5.41) is 0. The van der Waals surface area contributed by atoms with Gasteiger partial charge >= 0.3 is 0 Å². The minimum atomic E-state index is 0.167. The molecule has 2 aliphatic rings. The van der Waals surface area contributed by atoms with Gasteiger partial charge in [-0.25, -0.2) is 0 Å². The van der Waals surface area contributed by atoms with Gasteiger partial charge in [0.25, 0.3) is 0 Å². The van der Waals surface area contributed by atoms with Gasteiger partial charge in [0.05, 0.1) is 19.8 Å². The van der Waals surface area contributed by atoms with Crippen molar-refractivity contribution in [2.24, 2.45) is 10.7 Å². The fourth-order valence-corrected chi connectivity index (χ4v) is 4.03. The SMILES string of the molecule is Cc1ccccc1C1(CN=C(N)N2CCOCC2)CCCCC1. The first-order chi connectivity index (χ1) is 11.2. The Morgan fingerprint density at radius 3 is 2.57 bits per heavy atom. The van der Waals surface area contributed by atoms with Gasteiger partial charge in [-0.15, -0.1) is 0 Å². The molecule has 0 unspecified atom stereocenters. The molecule has 0 aromatic heterocycles. The standard InChI is InChI=1S/C19H29N3O/c1-16-7-3-4-8-17(16)19(9-5-2-6-10-19)15-21-18(20)22-11-13-23-14-12-22/h3-4,7-8H,2,5-6,9-15H2,1H3,(H2,20,21). The van der Waals surface area contributed by atoms with Gasteiger partial charge in [0.15, 0.2) is 5.96 Å². The maximum Gasteiger partial charge on any atom is 0.191 e. The first-order valence-corrected chi connectivity index (χ1v) is 8.90. The first kappa shape index (κ1) is 16.3. The number of aryl methyl sites for hydroxylation is 1. The Kier molecular flexibility index (Phi) is 5.21. The molecule has 4 heteroatoms. The quantitative estimate of drug-likeness (QED) is 0.689. The summed E-state index contributed by atoms with van der Waals surface area (Å²) in [4.78, 5) is 6.98. The van der Waals surface area contributed by atoms with E-state index in [2.05, 4.69) is 36.1 Å². The normalized spacial score (nSPS) is 22.1. The summed E-state index contributed by atoms with van der Waals surface area (Å²) >= 11 is 0. The van der Waals surface area contributed by atoms with Gasteiger partial charge in [0.2, 0.25) is 0 Å². The molecule has 4 nitrogen and oxygen atoms in total. The molecule has 0 atom stereocenters. The lowest BCUT2D eigenvalue weighted by atomic mass is 9.68. The molecule has 3 rings (SSSR count). The van der Waals surface area contributed by atoms with E-state index in [9.17, 15) is 0 Å². The smallest absolute Gasteiger partial charge is 0.191 e. The number of nitrogens with zero attached hydrogens (tertiary/aromatic N) is 2. The van der Waals surface area contributed by atoms with Crippen LogP contribution in [-0.2, 0) is 10.2 Å². The van der Waals surface area contributed by atoms with Gasteiger partial charge < -0.3 is 15.4 Å². The molecule has 1 saturated heterocycles. The van der Waals surface area contributed by atoms with Crippen molar-refractivity contribution in [1.29, 1.82) is 0 Å². The number of rotatable bonds is 3. The number of guanidine groups is 1. The Labute approximate surface area is 139 Å². The zero-order valence-corrected chi connectivity index (χ0v) is 14.3. The van der Waals surface area contributed by atoms with Crippen molar-refractivity contribution in [3.05, 3.63) is 35.4 Å². The zero-order valence-electron chi connectivity index (χ0n) is 14.3. The van der Waals surface area contributed by atoms with E-state index >= 15 is 0 Å². The molecule has 0 bridgehead atoms. The third kappa shape index (κ3) is 3.69. The van der Waals surface area contributed by atoms with Crippen LogP contribution in [0.15, 0.2) is 29.3 Å². The molecule has 2 fully saturated rings. The highest BCUT2D eigenvalue weighted by atomic mass is 16.5. The molecule has 1 aromatic rings. The number of benzene rings is 1. The summed E-state index contributed by atoms with van der Waals surface area (Å²) in [6, 6.07) is 8.80. The van der Waals surface area contributed by atoms with Crippen molar-refractivity contribution >= 4 is 5.96 Å². The van der Waals surface area contributed by atoms with Crippen LogP contribution < -0.4 is 5.73 Å². The summed E-state index contributed by atoms with van der Waals surface area (Å²) in [5.74, 6) is 0.687. The van der Waals surface area contributed by atoms with E-state index in [1.54, 1.807) is 0 Å². The van der Waals surface area contributed by atoms with Gasteiger partial charge in [-0.05, 0) is 30.9 Å². The van der Waals surface area contributed by atoms with E-state index in [0.29, 0.717) is 5.96 Å². The molecule has 1 saturated carbocycles. The van der Waals surface area contributed by atoms with E-state index in [0.717, 1.165) is 32.8 Å². The molecule has 1 aliphatic heterocycles. The largest absolute Gasteiger partial charge is 0.378 e. The molecular weight excluding hydrogens is 286 g/mol. The predicted octanol–water partition coefficient (Wildman–Crippen LogP) is 2.84. The summed E-state index contributed by atoms with van der Waals surface area (Å²) in [6.45, 7) is 6.24. The number of hydrogen-bond acceptors (Lipinski definition) is 2. The van der Waals surface area contributed by atoms with Gasteiger partial charge in [-0.1, -0.05) is 43.5 Å². The van der Waals surface area contributed by atoms with Gasteiger partial charge in [-0.3, -0.25) is 4.99 Å². The first-order valence-electron chi connectivity index (χ1n) is 8.90. The lowest BCUT2D eigenvalue weighted by molar-refractivity contribution is 0.0673. The van der Waals surface area contributed by atoms with Crippen molar-refractivity contribution in [2.75, 3.05) is 32.8 Å². The van der Waals surface area contributed by atoms with E-state index in [4.69, 9.17) is 15.5 Å². The maximum absolute atomic E-state index is 6.26. The fraction of sp³-hybridized carbons (Fsp3) is 0.632. The average molecular weight is 315 g/mol. The van der Waals surface area contributed by atoms with Crippen LogP contribution in [0.25, 0.3) is 0 Å². The Morgan fingerprint density at radius 2 is 1.87 bits per heavy atom. The Morgan fingerprint density at radius 1 is 1.17 bits per heavy atom. The Hall–Kier alpha value is -1.55. The molecular formula is C19H29N3O. The third-order valence-corrected chi connectivity index (χ3v) is 5.41. The number of morpholine rings is 1. The molecule has 126 valence electrons. The third-order valence-electron chi connectivity index (χ3n) is 5.41. The highest BCUT2D eigenvalue weighted by molar-refractivity contribution is 5.78. The van der Waals surface area contributed by atoms with E-state index < -0.39 is 0 Å².